The molecule has 0 aromatic carbocycles. The van der Waals surface area contributed by atoms with Gasteiger partial charge in [-0.25, -0.2) is 0 Å². The molecule has 0 saturated carbocycles. The van der Waals surface area contributed by atoms with Gasteiger partial charge in [0, 0.05) is 13.7 Å². The molecule has 80 valence electrons. The molecule has 2 atom stereocenters. The molecule has 13 heavy (non-hydrogen) atoms. The lowest BCUT2D eigenvalue weighted by molar-refractivity contribution is -0.0301. The van der Waals surface area contributed by atoms with E-state index >= 15 is 0 Å². The van der Waals surface area contributed by atoms with E-state index in [2.05, 4.69) is 20.8 Å². The lowest BCUT2D eigenvalue weighted by Crippen LogP contribution is -2.30. The Morgan fingerprint density at radius 2 is 2.08 bits per heavy atom. The predicted molar refractivity (Wildman–Crippen MR) is 55.8 cm³/mol. The fourth-order valence-electron chi connectivity index (χ4n) is 1.86. The molecule has 0 amide bonds. The molecule has 0 aliphatic rings. The molecule has 0 fully saturated rings. The maximum absolute atomic E-state index is 8.90. The Labute approximate surface area is 82.3 Å². The van der Waals surface area contributed by atoms with Crippen LogP contribution in [0.15, 0.2) is 0 Å². The van der Waals surface area contributed by atoms with Crippen molar-refractivity contribution in [2.45, 2.75) is 52.1 Å². The highest BCUT2D eigenvalue weighted by Gasteiger charge is 2.24. The first-order valence-electron chi connectivity index (χ1n) is 5.24. The van der Waals surface area contributed by atoms with Crippen molar-refractivity contribution in [3.8, 4) is 0 Å². The third-order valence-electron chi connectivity index (χ3n) is 2.70. The Kier molecular flexibility index (Phi) is 6.35. The SMILES string of the molecule is CCCC(C)CC(C)(CCO)OC. The van der Waals surface area contributed by atoms with Crippen molar-refractivity contribution in [1.82, 2.24) is 0 Å². The molecular formula is C11H24O2. The highest BCUT2D eigenvalue weighted by molar-refractivity contribution is 4.76. The van der Waals surface area contributed by atoms with Crippen molar-refractivity contribution in [3.05, 3.63) is 0 Å². The number of ether oxygens (including phenoxy) is 1. The Hall–Kier alpha value is -0.0800. The first kappa shape index (κ1) is 12.9. The third-order valence-corrected chi connectivity index (χ3v) is 2.70. The van der Waals surface area contributed by atoms with Crippen LogP contribution in [-0.4, -0.2) is 24.4 Å². The van der Waals surface area contributed by atoms with Crippen LogP contribution in [0.4, 0.5) is 0 Å². The Balaban J connectivity index is 3.93. The zero-order valence-corrected chi connectivity index (χ0v) is 9.47. The first-order valence-corrected chi connectivity index (χ1v) is 5.24. The summed E-state index contributed by atoms with van der Waals surface area (Å²) in [5.74, 6) is 0.682. The molecule has 0 aromatic rings. The topological polar surface area (TPSA) is 29.5 Å². The van der Waals surface area contributed by atoms with Gasteiger partial charge in [0.25, 0.3) is 0 Å². The Bertz CT molecular complexity index is 125. The molecule has 0 radical (unpaired) electrons. The molecule has 2 heteroatoms. The maximum Gasteiger partial charge on any atom is 0.0675 e. The van der Waals surface area contributed by atoms with Gasteiger partial charge in [-0.05, 0) is 25.7 Å². The summed E-state index contributed by atoms with van der Waals surface area (Å²) in [6, 6.07) is 0. The minimum Gasteiger partial charge on any atom is -0.396 e. The largest absolute Gasteiger partial charge is 0.396 e. The van der Waals surface area contributed by atoms with E-state index in [9.17, 15) is 0 Å². The minimum atomic E-state index is -0.136. The molecule has 2 unspecified atom stereocenters. The molecule has 0 saturated heterocycles. The van der Waals surface area contributed by atoms with E-state index in [0.29, 0.717) is 5.92 Å². The monoisotopic (exact) mass is 188 g/mol. The molecule has 0 spiro atoms. The Morgan fingerprint density at radius 1 is 1.46 bits per heavy atom. The summed E-state index contributed by atoms with van der Waals surface area (Å²) in [6.45, 7) is 6.74. The molecule has 0 aliphatic heterocycles. The second kappa shape index (κ2) is 6.39. The van der Waals surface area contributed by atoms with E-state index in [1.165, 1.54) is 12.8 Å². The van der Waals surface area contributed by atoms with Gasteiger partial charge < -0.3 is 9.84 Å². The second-order valence-electron chi connectivity index (χ2n) is 4.23. The first-order chi connectivity index (χ1) is 6.08. The summed E-state index contributed by atoms with van der Waals surface area (Å²) in [4.78, 5) is 0. The van der Waals surface area contributed by atoms with Crippen LogP contribution in [0.2, 0.25) is 0 Å². The van der Waals surface area contributed by atoms with Crippen molar-refractivity contribution in [2.75, 3.05) is 13.7 Å². The Morgan fingerprint density at radius 3 is 2.46 bits per heavy atom. The highest BCUT2D eigenvalue weighted by atomic mass is 16.5. The number of hydrogen-bond donors (Lipinski definition) is 1. The van der Waals surface area contributed by atoms with Crippen molar-refractivity contribution >= 4 is 0 Å². The molecule has 0 aliphatic carbocycles. The van der Waals surface area contributed by atoms with Gasteiger partial charge in [0.05, 0.1) is 5.60 Å². The van der Waals surface area contributed by atoms with E-state index in [1.54, 1.807) is 7.11 Å². The average molecular weight is 188 g/mol. The molecule has 2 nitrogen and oxygen atoms in total. The average Bonchev–Trinajstić information content (AvgIpc) is 2.05. The van der Waals surface area contributed by atoms with Crippen molar-refractivity contribution in [3.63, 3.8) is 0 Å². The van der Waals surface area contributed by atoms with Crippen LogP contribution in [0.25, 0.3) is 0 Å². The van der Waals surface area contributed by atoms with Gasteiger partial charge in [-0.2, -0.15) is 0 Å². The van der Waals surface area contributed by atoms with Gasteiger partial charge in [-0.15, -0.1) is 0 Å². The van der Waals surface area contributed by atoms with Gasteiger partial charge in [0.2, 0.25) is 0 Å². The zero-order chi connectivity index (χ0) is 10.3. The summed E-state index contributed by atoms with van der Waals surface area (Å²) >= 11 is 0. The molecule has 0 heterocycles. The van der Waals surface area contributed by atoms with Crippen LogP contribution in [0.1, 0.15) is 46.5 Å². The van der Waals surface area contributed by atoms with Crippen molar-refractivity contribution in [2.24, 2.45) is 5.92 Å². The van der Waals surface area contributed by atoms with Crippen LogP contribution >= 0.6 is 0 Å². The normalized spacial score (nSPS) is 18.2. The smallest absolute Gasteiger partial charge is 0.0675 e. The standard InChI is InChI=1S/C11H24O2/c1-5-6-10(2)9-11(3,13-4)7-8-12/h10,12H,5-9H2,1-4H3. The number of aliphatic hydroxyl groups is 1. The minimum absolute atomic E-state index is 0.136. The van der Waals surface area contributed by atoms with E-state index in [0.717, 1.165) is 12.8 Å². The number of aliphatic hydroxyl groups excluding tert-OH is 1. The van der Waals surface area contributed by atoms with Gasteiger partial charge in [-0.1, -0.05) is 26.7 Å². The zero-order valence-electron chi connectivity index (χ0n) is 9.47. The predicted octanol–water partition coefficient (Wildman–Crippen LogP) is 2.60. The highest BCUT2D eigenvalue weighted by Crippen LogP contribution is 2.25. The third kappa shape index (κ3) is 5.27. The van der Waals surface area contributed by atoms with E-state index < -0.39 is 0 Å². The van der Waals surface area contributed by atoms with Crippen LogP contribution in [0, 0.1) is 5.92 Å². The maximum atomic E-state index is 8.90. The number of rotatable bonds is 7. The van der Waals surface area contributed by atoms with Gasteiger partial charge in [0.15, 0.2) is 0 Å². The second-order valence-corrected chi connectivity index (χ2v) is 4.23. The summed E-state index contributed by atoms with van der Waals surface area (Å²) in [6.07, 6.45) is 4.24. The van der Waals surface area contributed by atoms with Crippen LogP contribution < -0.4 is 0 Å². The number of methoxy groups -OCH3 is 1. The van der Waals surface area contributed by atoms with Gasteiger partial charge in [-0.3, -0.25) is 0 Å². The molecular weight excluding hydrogens is 164 g/mol. The fraction of sp³-hybridized carbons (Fsp3) is 1.00. The van der Waals surface area contributed by atoms with Crippen LogP contribution in [-0.2, 0) is 4.74 Å². The van der Waals surface area contributed by atoms with Gasteiger partial charge in [0.1, 0.15) is 0 Å². The molecule has 0 bridgehead atoms. The van der Waals surface area contributed by atoms with Crippen LogP contribution in [0.3, 0.4) is 0 Å². The molecule has 0 rings (SSSR count). The summed E-state index contributed by atoms with van der Waals surface area (Å²) in [5, 5.41) is 8.90. The van der Waals surface area contributed by atoms with E-state index in [-0.39, 0.29) is 12.2 Å². The molecule has 0 aromatic heterocycles. The van der Waals surface area contributed by atoms with E-state index in [4.69, 9.17) is 9.84 Å². The van der Waals surface area contributed by atoms with Crippen molar-refractivity contribution < 1.29 is 9.84 Å². The van der Waals surface area contributed by atoms with Crippen molar-refractivity contribution in [1.29, 1.82) is 0 Å². The van der Waals surface area contributed by atoms with Gasteiger partial charge >= 0.3 is 0 Å². The summed E-state index contributed by atoms with van der Waals surface area (Å²) < 4.78 is 5.44. The lowest BCUT2D eigenvalue weighted by atomic mass is 9.88. The summed E-state index contributed by atoms with van der Waals surface area (Å²) in [7, 11) is 1.73. The summed E-state index contributed by atoms with van der Waals surface area (Å²) in [5.41, 5.74) is -0.136. The number of hydrogen-bond acceptors (Lipinski definition) is 2. The van der Waals surface area contributed by atoms with E-state index in [1.807, 2.05) is 0 Å². The molecule has 1 N–H and O–H groups in total. The lowest BCUT2D eigenvalue weighted by Gasteiger charge is -2.30. The quantitative estimate of drug-likeness (QED) is 0.665. The fourth-order valence-corrected chi connectivity index (χ4v) is 1.86. The van der Waals surface area contributed by atoms with Crippen LogP contribution in [0.5, 0.6) is 0 Å².